The van der Waals surface area contributed by atoms with Crippen LogP contribution in [0.1, 0.15) is 27.6 Å². The average Bonchev–Trinajstić information content (AvgIpc) is 2.74. The maximum Gasteiger partial charge on any atom is 0.340 e. The molecule has 7 heteroatoms. The summed E-state index contributed by atoms with van der Waals surface area (Å²) >= 11 is 0. The zero-order valence-corrected chi connectivity index (χ0v) is 15.3. The lowest BCUT2D eigenvalue weighted by Gasteiger charge is -2.41. The standard InChI is InChI=1S/C21H22O7/c1-13-17(23)16(12-22)26-21(28-20(25)15-10-6-3-7-11-15)18(13)27-19(24)14-8-4-2-5-9-14/h2-11,13,16-18,21-23H,12H2,1H3/t13-,16?,17-,18?,21-/m0/s1. The summed E-state index contributed by atoms with van der Waals surface area (Å²) < 4.78 is 16.5. The Balaban J connectivity index is 1.80. The molecule has 0 saturated carbocycles. The highest BCUT2D eigenvalue weighted by Crippen LogP contribution is 2.30. The second kappa shape index (κ2) is 8.97. The molecule has 28 heavy (non-hydrogen) atoms. The van der Waals surface area contributed by atoms with E-state index in [1.807, 2.05) is 0 Å². The first kappa shape index (κ1) is 20.0. The van der Waals surface area contributed by atoms with E-state index in [1.165, 1.54) is 0 Å². The minimum Gasteiger partial charge on any atom is -0.452 e. The maximum absolute atomic E-state index is 12.5. The number of rotatable bonds is 5. The highest BCUT2D eigenvalue weighted by molar-refractivity contribution is 5.90. The summed E-state index contributed by atoms with van der Waals surface area (Å²) in [5.74, 6) is -1.92. The van der Waals surface area contributed by atoms with Crippen molar-refractivity contribution in [1.82, 2.24) is 0 Å². The summed E-state index contributed by atoms with van der Waals surface area (Å²) in [7, 11) is 0. The quantitative estimate of drug-likeness (QED) is 0.755. The van der Waals surface area contributed by atoms with Gasteiger partial charge in [0.2, 0.25) is 6.29 Å². The fourth-order valence-electron chi connectivity index (χ4n) is 3.03. The molecule has 148 valence electrons. The van der Waals surface area contributed by atoms with Crippen molar-refractivity contribution in [3.63, 3.8) is 0 Å². The average molecular weight is 386 g/mol. The molecular formula is C21H22O7. The van der Waals surface area contributed by atoms with Crippen LogP contribution in [0.15, 0.2) is 60.7 Å². The van der Waals surface area contributed by atoms with Crippen LogP contribution in [0.4, 0.5) is 0 Å². The summed E-state index contributed by atoms with van der Waals surface area (Å²) in [4.78, 5) is 24.9. The van der Waals surface area contributed by atoms with Gasteiger partial charge >= 0.3 is 11.9 Å². The van der Waals surface area contributed by atoms with Crippen LogP contribution in [0.2, 0.25) is 0 Å². The number of aliphatic hydroxyl groups is 2. The summed E-state index contributed by atoms with van der Waals surface area (Å²) in [6.07, 6.45) is -4.37. The second-order valence-corrected chi connectivity index (χ2v) is 6.58. The Morgan fingerprint density at radius 2 is 1.43 bits per heavy atom. The summed E-state index contributed by atoms with van der Waals surface area (Å²) in [5, 5.41) is 19.8. The van der Waals surface area contributed by atoms with Gasteiger partial charge in [-0.3, -0.25) is 0 Å². The van der Waals surface area contributed by atoms with E-state index < -0.39 is 49.1 Å². The van der Waals surface area contributed by atoms with Gasteiger partial charge < -0.3 is 24.4 Å². The fourth-order valence-corrected chi connectivity index (χ4v) is 3.03. The Labute approximate surface area is 162 Å². The van der Waals surface area contributed by atoms with Gasteiger partial charge in [0.25, 0.3) is 0 Å². The minimum absolute atomic E-state index is 0.304. The Morgan fingerprint density at radius 3 is 1.93 bits per heavy atom. The lowest BCUT2D eigenvalue weighted by atomic mass is 9.90. The van der Waals surface area contributed by atoms with Crippen molar-refractivity contribution in [2.75, 3.05) is 6.61 Å². The largest absolute Gasteiger partial charge is 0.452 e. The number of carbonyl (C=O) groups is 2. The van der Waals surface area contributed by atoms with Gasteiger partial charge in [0.15, 0.2) is 6.10 Å². The Kier molecular flexibility index (Phi) is 6.41. The van der Waals surface area contributed by atoms with Crippen LogP contribution in [0, 0.1) is 5.92 Å². The molecule has 1 saturated heterocycles. The van der Waals surface area contributed by atoms with E-state index in [0.717, 1.165) is 0 Å². The van der Waals surface area contributed by atoms with Crippen molar-refractivity contribution in [3.05, 3.63) is 71.8 Å². The Hall–Kier alpha value is -2.74. The van der Waals surface area contributed by atoms with E-state index in [2.05, 4.69) is 0 Å². The molecule has 0 bridgehead atoms. The molecule has 1 heterocycles. The number of hydrogen-bond acceptors (Lipinski definition) is 7. The van der Waals surface area contributed by atoms with Crippen molar-refractivity contribution >= 4 is 11.9 Å². The third-order valence-corrected chi connectivity index (χ3v) is 4.68. The lowest BCUT2D eigenvalue weighted by molar-refractivity contribution is -0.269. The monoisotopic (exact) mass is 386 g/mol. The van der Waals surface area contributed by atoms with Gasteiger partial charge in [-0.2, -0.15) is 0 Å². The molecule has 0 amide bonds. The van der Waals surface area contributed by atoms with E-state index in [4.69, 9.17) is 14.2 Å². The molecule has 2 unspecified atom stereocenters. The van der Waals surface area contributed by atoms with Gasteiger partial charge in [-0.15, -0.1) is 0 Å². The van der Waals surface area contributed by atoms with Gasteiger partial charge in [-0.05, 0) is 24.3 Å². The Morgan fingerprint density at radius 1 is 0.929 bits per heavy atom. The predicted molar refractivity (Wildman–Crippen MR) is 98.4 cm³/mol. The highest BCUT2D eigenvalue weighted by Gasteiger charge is 2.47. The van der Waals surface area contributed by atoms with Crippen LogP contribution in [0.3, 0.4) is 0 Å². The van der Waals surface area contributed by atoms with Crippen LogP contribution in [-0.2, 0) is 14.2 Å². The van der Waals surface area contributed by atoms with Gasteiger partial charge in [0, 0.05) is 5.92 Å². The summed E-state index contributed by atoms with van der Waals surface area (Å²) in [6, 6.07) is 16.6. The van der Waals surface area contributed by atoms with Gasteiger partial charge in [-0.1, -0.05) is 43.3 Å². The number of aliphatic hydroxyl groups excluding tert-OH is 2. The zero-order chi connectivity index (χ0) is 20.1. The number of carbonyl (C=O) groups excluding carboxylic acids is 2. The molecule has 0 spiro atoms. The third-order valence-electron chi connectivity index (χ3n) is 4.68. The molecular weight excluding hydrogens is 364 g/mol. The number of ether oxygens (including phenoxy) is 3. The van der Waals surface area contributed by atoms with Crippen LogP contribution >= 0.6 is 0 Å². The molecule has 2 aromatic rings. The number of hydrogen-bond donors (Lipinski definition) is 2. The lowest BCUT2D eigenvalue weighted by Crippen LogP contribution is -2.57. The van der Waals surface area contributed by atoms with E-state index in [1.54, 1.807) is 67.6 Å². The first-order valence-electron chi connectivity index (χ1n) is 8.97. The zero-order valence-electron chi connectivity index (χ0n) is 15.3. The first-order valence-corrected chi connectivity index (χ1v) is 8.97. The molecule has 0 aliphatic carbocycles. The smallest absolute Gasteiger partial charge is 0.340 e. The van der Waals surface area contributed by atoms with Gasteiger partial charge in [0.1, 0.15) is 6.10 Å². The van der Waals surface area contributed by atoms with Gasteiger partial charge in [0.05, 0.1) is 23.8 Å². The van der Waals surface area contributed by atoms with Crippen LogP contribution in [-0.4, -0.2) is 53.4 Å². The summed E-state index contributed by atoms with van der Waals surface area (Å²) in [6.45, 7) is 1.17. The van der Waals surface area contributed by atoms with Crippen molar-refractivity contribution in [2.24, 2.45) is 5.92 Å². The van der Waals surface area contributed by atoms with Gasteiger partial charge in [-0.25, -0.2) is 9.59 Å². The molecule has 2 aromatic carbocycles. The molecule has 0 radical (unpaired) electrons. The molecule has 1 aliphatic rings. The topological polar surface area (TPSA) is 102 Å². The molecule has 1 fully saturated rings. The number of benzene rings is 2. The molecule has 3 rings (SSSR count). The number of esters is 2. The highest BCUT2D eigenvalue weighted by atomic mass is 16.7. The first-order chi connectivity index (χ1) is 13.5. The normalized spacial score (nSPS) is 27.0. The van der Waals surface area contributed by atoms with E-state index in [0.29, 0.717) is 11.1 Å². The predicted octanol–water partition coefficient (Wildman–Crippen LogP) is 1.78. The molecule has 0 aromatic heterocycles. The molecule has 5 atom stereocenters. The van der Waals surface area contributed by atoms with Crippen molar-refractivity contribution < 1.29 is 34.0 Å². The van der Waals surface area contributed by atoms with Crippen LogP contribution in [0.5, 0.6) is 0 Å². The van der Waals surface area contributed by atoms with Crippen LogP contribution in [0.25, 0.3) is 0 Å². The van der Waals surface area contributed by atoms with E-state index in [-0.39, 0.29) is 0 Å². The van der Waals surface area contributed by atoms with Crippen molar-refractivity contribution in [3.8, 4) is 0 Å². The van der Waals surface area contributed by atoms with Crippen molar-refractivity contribution in [2.45, 2.75) is 31.5 Å². The summed E-state index contributed by atoms with van der Waals surface area (Å²) in [5.41, 5.74) is 0.625. The third kappa shape index (κ3) is 4.39. The van der Waals surface area contributed by atoms with Crippen molar-refractivity contribution in [1.29, 1.82) is 0 Å². The fraction of sp³-hybridized carbons (Fsp3) is 0.333. The second-order valence-electron chi connectivity index (χ2n) is 6.58. The SMILES string of the molecule is C[C@@H]1C(OC(=O)c2ccccc2)[C@H](OC(=O)c2ccccc2)OC(CO)[C@H]1O. The Bertz CT molecular complexity index is 793. The van der Waals surface area contributed by atoms with E-state index in [9.17, 15) is 19.8 Å². The van der Waals surface area contributed by atoms with Crippen LogP contribution < -0.4 is 0 Å². The minimum atomic E-state index is -1.27. The van der Waals surface area contributed by atoms with E-state index >= 15 is 0 Å². The molecule has 2 N–H and O–H groups in total. The molecule has 7 nitrogen and oxygen atoms in total. The molecule has 1 aliphatic heterocycles. The maximum atomic E-state index is 12.5.